The summed E-state index contributed by atoms with van der Waals surface area (Å²) in [5, 5.41) is 81.5. The molecule has 1 aliphatic heterocycles. The summed E-state index contributed by atoms with van der Waals surface area (Å²) < 4.78 is 16.7. The number of esters is 1. The number of aliphatic hydroxyl groups excluding tert-OH is 3. The Morgan fingerprint density at radius 2 is 1.60 bits per heavy atom. The van der Waals surface area contributed by atoms with Gasteiger partial charge in [0.2, 0.25) is 0 Å². The van der Waals surface area contributed by atoms with Crippen molar-refractivity contribution in [3.05, 3.63) is 82.0 Å². The molecule has 0 bridgehead atoms. The lowest BCUT2D eigenvalue weighted by molar-refractivity contribution is -0.240. The molecule has 0 radical (unpaired) electrons. The molecule has 4 aromatic rings. The number of aliphatic hydroxyl groups is 3. The largest absolute Gasteiger partial charge is 0.508 e. The standard InChI is InChI=1S/C30H26O13/c31-12-22-26(38)28(40)30(43-23(37)8-3-13-1-5-15(32)6-2-13)29(42-22)25-19(36)11-21-24(27(25)39)18(35)10-20(41-21)14-4-7-16(33)17(34)9-14/h1-11,22,26,28-34,36,38-40H,12H2/t22-,26-,28+,29+,30-/m1/s1. The van der Waals surface area contributed by atoms with Gasteiger partial charge in [0, 0.05) is 23.8 Å². The molecular formula is C30H26O13. The number of carbonyl (C=O) groups excluding carboxylic acids is 1. The molecule has 5 atom stereocenters. The fraction of sp³-hybridized carbons (Fsp3) is 0.200. The molecule has 1 saturated heterocycles. The van der Waals surface area contributed by atoms with E-state index in [-0.39, 0.29) is 22.7 Å². The van der Waals surface area contributed by atoms with E-state index in [0.717, 1.165) is 24.3 Å². The molecule has 0 spiro atoms. The summed E-state index contributed by atoms with van der Waals surface area (Å²) in [6.45, 7) is -0.795. The van der Waals surface area contributed by atoms with Gasteiger partial charge >= 0.3 is 5.97 Å². The molecule has 5 rings (SSSR count). The summed E-state index contributed by atoms with van der Waals surface area (Å²) in [5.41, 5.74) is -0.842. The van der Waals surface area contributed by atoms with Crippen LogP contribution < -0.4 is 5.43 Å². The van der Waals surface area contributed by atoms with Crippen molar-refractivity contribution in [2.45, 2.75) is 30.5 Å². The number of fused-ring (bicyclic) bond motifs is 1. The van der Waals surface area contributed by atoms with Crippen LogP contribution in [0, 0.1) is 0 Å². The average molecular weight is 595 g/mol. The molecule has 0 unspecified atom stereocenters. The highest BCUT2D eigenvalue weighted by atomic mass is 16.6. The first-order chi connectivity index (χ1) is 20.5. The molecule has 13 nitrogen and oxygen atoms in total. The van der Waals surface area contributed by atoms with Crippen LogP contribution in [0.15, 0.2) is 69.9 Å². The van der Waals surface area contributed by atoms with Crippen molar-refractivity contribution in [2.24, 2.45) is 0 Å². The number of phenols is 5. The Bertz CT molecular complexity index is 1760. The maximum atomic E-state index is 13.1. The highest BCUT2D eigenvalue weighted by molar-refractivity contribution is 5.89. The highest BCUT2D eigenvalue weighted by Crippen LogP contribution is 2.45. The van der Waals surface area contributed by atoms with E-state index < -0.39 is 82.5 Å². The molecule has 0 amide bonds. The predicted molar refractivity (Wildman–Crippen MR) is 148 cm³/mol. The molecule has 0 aliphatic carbocycles. The average Bonchev–Trinajstić information content (AvgIpc) is 2.97. The summed E-state index contributed by atoms with van der Waals surface area (Å²) in [6.07, 6.45) is -6.11. The molecule has 1 aliphatic rings. The number of rotatable bonds is 6. The number of aromatic hydroxyl groups is 5. The Kier molecular flexibility index (Phi) is 7.98. The van der Waals surface area contributed by atoms with Crippen LogP contribution in [0.1, 0.15) is 17.2 Å². The number of carbonyl (C=O) groups is 1. The van der Waals surface area contributed by atoms with Gasteiger partial charge in [-0.15, -0.1) is 0 Å². The second kappa shape index (κ2) is 11.7. The zero-order chi connectivity index (χ0) is 31.0. The summed E-state index contributed by atoms with van der Waals surface area (Å²) >= 11 is 0. The van der Waals surface area contributed by atoms with Gasteiger partial charge in [-0.1, -0.05) is 12.1 Å². The third kappa shape index (κ3) is 5.69. The Morgan fingerprint density at radius 3 is 2.28 bits per heavy atom. The summed E-state index contributed by atoms with van der Waals surface area (Å²) in [6, 6.07) is 11.5. The maximum Gasteiger partial charge on any atom is 0.331 e. The molecular weight excluding hydrogens is 568 g/mol. The van der Waals surface area contributed by atoms with Gasteiger partial charge in [0.1, 0.15) is 58.4 Å². The van der Waals surface area contributed by atoms with Crippen molar-refractivity contribution >= 4 is 23.0 Å². The van der Waals surface area contributed by atoms with Crippen LogP contribution in [0.5, 0.6) is 28.7 Å². The number of phenolic OH excluding ortho intramolecular Hbond substituents is 5. The zero-order valence-corrected chi connectivity index (χ0v) is 22.1. The second-order valence-corrected chi connectivity index (χ2v) is 9.79. The minimum absolute atomic E-state index is 0.0115. The fourth-order valence-corrected chi connectivity index (χ4v) is 4.78. The Balaban J connectivity index is 1.54. The highest BCUT2D eigenvalue weighted by Gasteiger charge is 2.49. The van der Waals surface area contributed by atoms with Gasteiger partial charge in [-0.3, -0.25) is 4.79 Å². The molecule has 1 fully saturated rings. The minimum atomic E-state index is -1.86. The first kappa shape index (κ1) is 29.4. The van der Waals surface area contributed by atoms with Crippen molar-refractivity contribution in [3.8, 4) is 40.1 Å². The number of benzene rings is 3. The van der Waals surface area contributed by atoms with E-state index in [9.17, 15) is 50.4 Å². The smallest absolute Gasteiger partial charge is 0.331 e. The normalized spacial score (nSPS) is 22.2. The van der Waals surface area contributed by atoms with E-state index in [4.69, 9.17) is 13.9 Å². The van der Waals surface area contributed by atoms with Crippen molar-refractivity contribution in [1.82, 2.24) is 0 Å². The molecule has 224 valence electrons. The monoisotopic (exact) mass is 594 g/mol. The topological polar surface area (TPSA) is 228 Å². The molecule has 2 heterocycles. The van der Waals surface area contributed by atoms with E-state index in [1.807, 2.05) is 0 Å². The summed E-state index contributed by atoms with van der Waals surface area (Å²) in [5.74, 6) is -3.50. The van der Waals surface area contributed by atoms with E-state index in [2.05, 4.69) is 0 Å². The predicted octanol–water partition coefficient (Wildman–Crippen LogP) is 1.77. The van der Waals surface area contributed by atoms with Crippen LogP contribution in [0.25, 0.3) is 28.4 Å². The quantitative estimate of drug-likeness (QED) is 0.0905. The van der Waals surface area contributed by atoms with Crippen molar-refractivity contribution < 1.29 is 59.5 Å². The Labute approximate surface area is 242 Å². The van der Waals surface area contributed by atoms with E-state index in [1.54, 1.807) is 0 Å². The van der Waals surface area contributed by atoms with E-state index >= 15 is 0 Å². The van der Waals surface area contributed by atoms with Crippen molar-refractivity contribution in [2.75, 3.05) is 6.61 Å². The van der Waals surface area contributed by atoms with Crippen LogP contribution >= 0.6 is 0 Å². The van der Waals surface area contributed by atoms with Gasteiger partial charge < -0.3 is 54.7 Å². The van der Waals surface area contributed by atoms with Gasteiger partial charge in [-0.2, -0.15) is 0 Å². The fourth-order valence-electron chi connectivity index (χ4n) is 4.78. The van der Waals surface area contributed by atoms with Crippen LogP contribution in [0.3, 0.4) is 0 Å². The lowest BCUT2D eigenvalue weighted by Crippen LogP contribution is -2.56. The summed E-state index contributed by atoms with van der Waals surface area (Å²) in [4.78, 5) is 25.8. The van der Waals surface area contributed by atoms with Crippen LogP contribution in [0.4, 0.5) is 0 Å². The summed E-state index contributed by atoms with van der Waals surface area (Å²) in [7, 11) is 0. The van der Waals surface area contributed by atoms with Gasteiger partial charge in [0.05, 0.1) is 12.2 Å². The van der Waals surface area contributed by atoms with Gasteiger partial charge in [-0.25, -0.2) is 4.79 Å². The number of hydrogen-bond donors (Lipinski definition) is 8. The van der Waals surface area contributed by atoms with Gasteiger partial charge in [-0.05, 0) is 42.0 Å². The molecule has 3 aromatic carbocycles. The van der Waals surface area contributed by atoms with Crippen LogP contribution in [0.2, 0.25) is 0 Å². The SMILES string of the molecule is O=C(C=Cc1ccc(O)cc1)O[C@@H]1[C@@H](O)[C@H](O)[C@@H](CO)O[C@H]1c1c(O)cc2oc(-c3ccc(O)c(O)c3)cc(=O)c2c1O. The zero-order valence-electron chi connectivity index (χ0n) is 22.1. The van der Waals surface area contributed by atoms with Crippen LogP contribution in [-0.4, -0.2) is 77.8 Å². The lowest BCUT2D eigenvalue weighted by Gasteiger charge is -2.42. The van der Waals surface area contributed by atoms with Gasteiger partial charge in [0.15, 0.2) is 23.0 Å². The second-order valence-electron chi connectivity index (χ2n) is 9.79. The molecule has 43 heavy (non-hydrogen) atoms. The number of ether oxygens (including phenoxy) is 2. The maximum absolute atomic E-state index is 13.1. The first-order valence-electron chi connectivity index (χ1n) is 12.8. The minimum Gasteiger partial charge on any atom is -0.508 e. The third-order valence-corrected chi connectivity index (χ3v) is 6.98. The number of hydrogen-bond acceptors (Lipinski definition) is 13. The van der Waals surface area contributed by atoms with Crippen molar-refractivity contribution in [3.63, 3.8) is 0 Å². The first-order valence-corrected chi connectivity index (χ1v) is 12.8. The van der Waals surface area contributed by atoms with E-state index in [1.165, 1.54) is 42.5 Å². The molecule has 1 aromatic heterocycles. The molecule has 0 saturated carbocycles. The van der Waals surface area contributed by atoms with Crippen molar-refractivity contribution in [1.29, 1.82) is 0 Å². The van der Waals surface area contributed by atoms with Gasteiger partial charge in [0.25, 0.3) is 0 Å². The molecule has 13 heteroatoms. The lowest BCUT2D eigenvalue weighted by atomic mass is 9.89. The van der Waals surface area contributed by atoms with Crippen LogP contribution in [-0.2, 0) is 14.3 Å². The third-order valence-electron chi connectivity index (χ3n) is 6.98. The van der Waals surface area contributed by atoms with E-state index in [0.29, 0.717) is 5.56 Å². The Hall–Kier alpha value is -5.08. The Morgan fingerprint density at radius 1 is 0.884 bits per heavy atom. The molecule has 8 N–H and O–H groups in total.